The van der Waals surface area contributed by atoms with Crippen LogP contribution in [0.4, 0.5) is 5.69 Å². The van der Waals surface area contributed by atoms with Crippen LogP contribution in [-0.4, -0.2) is 29.8 Å². The number of aryl methyl sites for hydroxylation is 1. The van der Waals surface area contributed by atoms with Crippen LogP contribution in [0.5, 0.6) is 0 Å². The maximum absolute atomic E-state index is 12.6. The van der Waals surface area contributed by atoms with Crippen LogP contribution in [0, 0.1) is 6.92 Å². The number of carbonyl (C=O) groups is 2. The molecule has 0 aliphatic carbocycles. The van der Waals surface area contributed by atoms with Gasteiger partial charge in [-0.25, -0.2) is 0 Å². The molecule has 0 spiro atoms. The molecule has 132 valence electrons. The van der Waals surface area contributed by atoms with Crippen molar-refractivity contribution >= 4 is 29.3 Å². The molecule has 1 N–H and O–H groups in total. The summed E-state index contributed by atoms with van der Waals surface area (Å²) in [6, 6.07) is 13.7. The Balaban J connectivity index is 2.34. The van der Waals surface area contributed by atoms with Gasteiger partial charge in [0.25, 0.3) is 5.91 Å². The lowest BCUT2D eigenvalue weighted by Crippen LogP contribution is -2.30. The maximum atomic E-state index is 12.6. The first-order valence-corrected chi connectivity index (χ1v) is 9.21. The Morgan fingerprint density at radius 2 is 1.68 bits per heavy atom. The molecule has 5 heteroatoms. The molecule has 0 heterocycles. The Morgan fingerprint density at radius 1 is 1.04 bits per heavy atom. The van der Waals surface area contributed by atoms with Crippen molar-refractivity contribution in [2.45, 2.75) is 37.5 Å². The van der Waals surface area contributed by atoms with E-state index >= 15 is 0 Å². The van der Waals surface area contributed by atoms with Crippen molar-refractivity contribution in [2.24, 2.45) is 0 Å². The van der Waals surface area contributed by atoms with Crippen LogP contribution < -0.4 is 5.32 Å². The molecule has 0 aromatic heterocycles. The first-order valence-electron chi connectivity index (χ1n) is 8.40. The number of benzene rings is 2. The summed E-state index contributed by atoms with van der Waals surface area (Å²) in [5.74, 6) is -0.179. The second-order valence-corrected chi connectivity index (χ2v) is 6.90. The van der Waals surface area contributed by atoms with Gasteiger partial charge in [0, 0.05) is 35.4 Å². The summed E-state index contributed by atoms with van der Waals surface area (Å²) in [5.41, 5.74) is 2.45. The lowest BCUT2D eigenvalue weighted by Gasteiger charge is -2.19. The number of hydrogen-bond acceptors (Lipinski definition) is 3. The van der Waals surface area contributed by atoms with Gasteiger partial charge in [-0.2, -0.15) is 0 Å². The summed E-state index contributed by atoms with van der Waals surface area (Å²) in [5, 5.41) is 2.84. The Labute approximate surface area is 153 Å². The number of carbonyl (C=O) groups excluding carboxylic acids is 2. The van der Waals surface area contributed by atoms with Crippen LogP contribution in [-0.2, 0) is 4.79 Å². The number of nitrogens with one attached hydrogen (secondary N) is 1. The number of hydrogen-bond donors (Lipinski definition) is 1. The van der Waals surface area contributed by atoms with Gasteiger partial charge in [0.2, 0.25) is 5.91 Å². The molecule has 0 radical (unpaired) electrons. The predicted octanol–water partition coefficient (Wildman–Crippen LogP) is 4.59. The summed E-state index contributed by atoms with van der Waals surface area (Å²) in [6.45, 7) is 8.74. The molecule has 2 amide bonds. The van der Waals surface area contributed by atoms with Crippen molar-refractivity contribution in [3.05, 3.63) is 53.6 Å². The molecule has 0 fully saturated rings. The van der Waals surface area contributed by atoms with E-state index < -0.39 is 0 Å². The van der Waals surface area contributed by atoms with Crippen molar-refractivity contribution in [1.29, 1.82) is 0 Å². The van der Waals surface area contributed by atoms with Crippen molar-refractivity contribution < 1.29 is 9.59 Å². The highest BCUT2D eigenvalue weighted by Gasteiger charge is 2.15. The summed E-state index contributed by atoms with van der Waals surface area (Å²) in [7, 11) is 0. The number of rotatable bonds is 6. The standard InChI is InChI=1S/C20H24N2O2S/c1-5-22(6-2)20(24)16-9-12-19(18(13-16)21-15(4)23)25-17-10-7-14(3)8-11-17/h7-13H,5-6H2,1-4H3,(H,21,23). The van der Waals surface area contributed by atoms with Crippen molar-refractivity contribution in [1.82, 2.24) is 4.90 Å². The normalized spacial score (nSPS) is 10.4. The molecule has 2 aromatic rings. The van der Waals surface area contributed by atoms with Gasteiger partial charge in [-0.05, 0) is 51.1 Å². The van der Waals surface area contributed by atoms with E-state index in [1.807, 2.05) is 45.0 Å². The lowest BCUT2D eigenvalue weighted by molar-refractivity contribution is -0.114. The first-order chi connectivity index (χ1) is 11.9. The van der Waals surface area contributed by atoms with Gasteiger partial charge >= 0.3 is 0 Å². The monoisotopic (exact) mass is 356 g/mol. The number of amides is 2. The second kappa shape index (κ2) is 8.72. The van der Waals surface area contributed by atoms with E-state index in [9.17, 15) is 9.59 Å². The number of anilines is 1. The second-order valence-electron chi connectivity index (χ2n) is 5.78. The average Bonchev–Trinajstić information content (AvgIpc) is 2.59. The van der Waals surface area contributed by atoms with Gasteiger partial charge in [0.15, 0.2) is 0 Å². The highest BCUT2D eigenvalue weighted by Crippen LogP contribution is 2.34. The number of nitrogens with zero attached hydrogens (tertiary/aromatic N) is 1. The maximum Gasteiger partial charge on any atom is 0.253 e. The van der Waals surface area contributed by atoms with Crippen LogP contribution in [0.25, 0.3) is 0 Å². The molecular weight excluding hydrogens is 332 g/mol. The Bertz CT molecular complexity index is 753. The molecule has 0 aliphatic heterocycles. The highest BCUT2D eigenvalue weighted by atomic mass is 32.2. The van der Waals surface area contributed by atoms with E-state index in [-0.39, 0.29) is 11.8 Å². The Hall–Kier alpha value is -2.27. The average molecular weight is 356 g/mol. The fraction of sp³-hybridized carbons (Fsp3) is 0.300. The third-order valence-corrected chi connectivity index (χ3v) is 4.92. The molecular formula is C20H24N2O2S. The zero-order valence-electron chi connectivity index (χ0n) is 15.1. The molecule has 2 aromatic carbocycles. The topological polar surface area (TPSA) is 49.4 Å². The van der Waals surface area contributed by atoms with Crippen LogP contribution in [0.2, 0.25) is 0 Å². The quantitative estimate of drug-likeness (QED) is 0.824. The van der Waals surface area contributed by atoms with Crippen LogP contribution in [0.1, 0.15) is 36.7 Å². The smallest absolute Gasteiger partial charge is 0.253 e. The molecule has 0 aliphatic rings. The molecule has 0 saturated heterocycles. The van der Waals surface area contributed by atoms with Gasteiger partial charge in [-0.15, -0.1) is 0 Å². The molecule has 4 nitrogen and oxygen atoms in total. The third-order valence-electron chi connectivity index (χ3n) is 3.84. The van der Waals surface area contributed by atoms with Crippen molar-refractivity contribution in [2.75, 3.05) is 18.4 Å². The summed E-state index contributed by atoms with van der Waals surface area (Å²) < 4.78 is 0. The Morgan fingerprint density at radius 3 is 2.24 bits per heavy atom. The van der Waals surface area contributed by atoms with Crippen LogP contribution >= 0.6 is 11.8 Å². The summed E-state index contributed by atoms with van der Waals surface area (Å²) in [6.07, 6.45) is 0. The fourth-order valence-electron chi connectivity index (χ4n) is 2.47. The molecule has 0 unspecified atom stereocenters. The Kier molecular flexibility index (Phi) is 6.65. The zero-order valence-corrected chi connectivity index (χ0v) is 15.9. The van der Waals surface area contributed by atoms with E-state index in [2.05, 4.69) is 17.4 Å². The molecule has 0 bridgehead atoms. The minimum absolute atomic E-state index is 0.0245. The van der Waals surface area contributed by atoms with Gasteiger partial charge in [0.05, 0.1) is 5.69 Å². The van der Waals surface area contributed by atoms with E-state index in [4.69, 9.17) is 0 Å². The van der Waals surface area contributed by atoms with Gasteiger partial charge in [-0.3, -0.25) is 9.59 Å². The van der Waals surface area contributed by atoms with E-state index in [1.165, 1.54) is 12.5 Å². The SMILES string of the molecule is CCN(CC)C(=O)c1ccc(Sc2ccc(C)cc2)c(NC(C)=O)c1. The summed E-state index contributed by atoms with van der Waals surface area (Å²) in [4.78, 5) is 27.9. The molecule has 25 heavy (non-hydrogen) atoms. The lowest BCUT2D eigenvalue weighted by atomic mass is 10.1. The van der Waals surface area contributed by atoms with Gasteiger partial charge in [-0.1, -0.05) is 29.5 Å². The van der Waals surface area contributed by atoms with E-state index in [1.54, 1.807) is 22.7 Å². The van der Waals surface area contributed by atoms with Gasteiger partial charge in [0.1, 0.15) is 0 Å². The predicted molar refractivity (Wildman–Crippen MR) is 103 cm³/mol. The van der Waals surface area contributed by atoms with Gasteiger partial charge < -0.3 is 10.2 Å². The third kappa shape index (κ3) is 5.10. The van der Waals surface area contributed by atoms with E-state index in [0.717, 1.165) is 9.79 Å². The van der Waals surface area contributed by atoms with Crippen LogP contribution in [0.3, 0.4) is 0 Å². The van der Waals surface area contributed by atoms with E-state index in [0.29, 0.717) is 24.3 Å². The van der Waals surface area contributed by atoms with Crippen LogP contribution in [0.15, 0.2) is 52.3 Å². The highest BCUT2D eigenvalue weighted by molar-refractivity contribution is 7.99. The molecule has 0 saturated carbocycles. The van der Waals surface area contributed by atoms with Crippen molar-refractivity contribution in [3.8, 4) is 0 Å². The molecule has 0 atom stereocenters. The minimum atomic E-state index is -0.154. The minimum Gasteiger partial charge on any atom is -0.339 e. The molecule has 2 rings (SSSR count). The first kappa shape index (κ1) is 19.1. The fourth-order valence-corrected chi connectivity index (χ4v) is 3.35. The largest absolute Gasteiger partial charge is 0.339 e. The van der Waals surface area contributed by atoms with Crippen molar-refractivity contribution in [3.63, 3.8) is 0 Å². The summed E-state index contributed by atoms with van der Waals surface area (Å²) >= 11 is 1.57. The zero-order chi connectivity index (χ0) is 18.4.